The average molecular weight is 492 g/mol. The molecule has 0 aliphatic carbocycles. The van der Waals surface area contributed by atoms with Gasteiger partial charge in [0.25, 0.3) is 11.8 Å². The maximum atomic E-state index is 13.7. The number of carbonyl (C=O) groups is 3. The predicted octanol–water partition coefficient (Wildman–Crippen LogP) is 3.21. The third-order valence-electron chi connectivity index (χ3n) is 6.75. The highest BCUT2D eigenvalue weighted by Crippen LogP contribution is 2.39. The Morgan fingerprint density at radius 2 is 1.67 bits per heavy atom. The van der Waals surface area contributed by atoms with E-state index in [9.17, 15) is 18.8 Å². The first-order chi connectivity index (χ1) is 17.5. The molecule has 2 fully saturated rings. The van der Waals surface area contributed by atoms with Crippen molar-refractivity contribution in [3.8, 4) is 0 Å². The molecule has 5 rings (SSSR count). The molecule has 9 heteroatoms. The normalized spacial score (nSPS) is 18.9. The number of piperidine rings is 1. The van der Waals surface area contributed by atoms with Crippen LogP contribution in [0, 0.1) is 5.82 Å². The van der Waals surface area contributed by atoms with E-state index < -0.39 is 23.5 Å². The summed E-state index contributed by atoms with van der Waals surface area (Å²) in [6.45, 7) is 0.989. The lowest BCUT2D eigenvalue weighted by Crippen LogP contribution is -2.59. The van der Waals surface area contributed by atoms with Crippen LogP contribution in [-0.2, 0) is 16.1 Å². The van der Waals surface area contributed by atoms with Gasteiger partial charge in [-0.1, -0.05) is 30.3 Å². The van der Waals surface area contributed by atoms with Gasteiger partial charge in [-0.2, -0.15) is 0 Å². The number of carbonyl (C=O) groups excluding carboxylic acids is 3. The van der Waals surface area contributed by atoms with Crippen LogP contribution in [0.25, 0.3) is 0 Å². The van der Waals surface area contributed by atoms with E-state index in [1.165, 1.54) is 35.4 Å². The molecule has 2 aliphatic rings. The maximum Gasteiger partial charge on any atom is 0.289 e. The number of ether oxygens (including phenoxy) is 1. The quantitative estimate of drug-likeness (QED) is 0.592. The molecule has 3 aromatic rings. The molecule has 3 amide bonds. The number of benzene rings is 2. The van der Waals surface area contributed by atoms with E-state index in [0.717, 1.165) is 5.56 Å². The van der Waals surface area contributed by atoms with Gasteiger partial charge in [0, 0.05) is 38.0 Å². The predicted molar refractivity (Wildman–Crippen MR) is 127 cm³/mol. The van der Waals surface area contributed by atoms with Crippen LogP contribution in [0.1, 0.15) is 39.3 Å². The van der Waals surface area contributed by atoms with E-state index in [1.807, 2.05) is 30.3 Å². The second kappa shape index (κ2) is 9.94. The summed E-state index contributed by atoms with van der Waals surface area (Å²) in [6.07, 6.45) is 2.10. The summed E-state index contributed by atoms with van der Waals surface area (Å²) in [4.78, 5) is 42.8. The Kier molecular flexibility index (Phi) is 6.56. The van der Waals surface area contributed by atoms with Gasteiger partial charge in [0.1, 0.15) is 17.6 Å². The zero-order chi connectivity index (χ0) is 25.1. The van der Waals surface area contributed by atoms with Crippen LogP contribution >= 0.6 is 0 Å². The number of amides is 3. The smallest absolute Gasteiger partial charge is 0.289 e. The molecule has 186 valence electrons. The van der Waals surface area contributed by atoms with Crippen molar-refractivity contribution in [1.82, 2.24) is 15.1 Å². The van der Waals surface area contributed by atoms with Gasteiger partial charge in [0.15, 0.2) is 5.76 Å². The second-order valence-electron chi connectivity index (χ2n) is 8.93. The molecule has 0 saturated carbocycles. The van der Waals surface area contributed by atoms with Crippen LogP contribution in [0.4, 0.5) is 4.39 Å². The lowest BCUT2D eigenvalue weighted by Gasteiger charge is -2.44. The summed E-state index contributed by atoms with van der Waals surface area (Å²) < 4.78 is 24.9. The number of hydrogen-bond acceptors (Lipinski definition) is 5. The topological polar surface area (TPSA) is 92.1 Å². The molecule has 36 heavy (non-hydrogen) atoms. The van der Waals surface area contributed by atoms with Crippen molar-refractivity contribution in [2.75, 3.05) is 19.7 Å². The third-order valence-corrected chi connectivity index (χ3v) is 6.75. The Hall–Kier alpha value is -3.98. The van der Waals surface area contributed by atoms with Crippen molar-refractivity contribution in [3.63, 3.8) is 0 Å². The van der Waals surface area contributed by atoms with Crippen molar-refractivity contribution in [2.45, 2.75) is 31.2 Å². The van der Waals surface area contributed by atoms with Crippen LogP contribution in [0.3, 0.4) is 0 Å². The van der Waals surface area contributed by atoms with Crippen LogP contribution in [0.15, 0.2) is 77.4 Å². The van der Waals surface area contributed by atoms with Gasteiger partial charge in [-0.25, -0.2) is 4.39 Å². The molecule has 2 aromatic carbocycles. The van der Waals surface area contributed by atoms with Crippen molar-refractivity contribution >= 4 is 17.7 Å². The van der Waals surface area contributed by atoms with Crippen LogP contribution in [-0.4, -0.2) is 59.0 Å². The summed E-state index contributed by atoms with van der Waals surface area (Å²) in [5, 5.41) is 2.90. The standard InChI is InChI=1S/C27H26FN3O5/c28-21-10-8-20(9-11-21)25(33)31-22(24(32)29-17-19-5-2-1-3-6-19)18-36-27(31)12-14-30(15-13-27)26(34)23-7-4-16-35-23/h1-11,16,22H,12-15,17-18H2,(H,29,32)/t22-/m1/s1. The molecule has 1 atom stereocenters. The third kappa shape index (κ3) is 4.61. The molecular weight excluding hydrogens is 465 g/mol. The molecule has 0 bridgehead atoms. The Balaban J connectivity index is 1.36. The summed E-state index contributed by atoms with van der Waals surface area (Å²) in [5.74, 6) is -1.20. The minimum Gasteiger partial charge on any atom is -0.459 e. The van der Waals surface area contributed by atoms with Gasteiger partial charge in [0.2, 0.25) is 5.91 Å². The SMILES string of the molecule is O=C(NCc1ccccc1)[C@H]1COC2(CCN(C(=O)c3ccco3)CC2)N1C(=O)c1ccc(F)cc1. The van der Waals surface area contributed by atoms with Crippen LogP contribution in [0.2, 0.25) is 0 Å². The van der Waals surface area contributed by atoms with Crippen LogP contribution in [0.5, 0.6) is 0 Å². The fraction of sp³-hybridized carbons (Fsp3) is 0.296. The molecular formula is C27H26FN3O5. The number of halogens is 1. The highest BCUT2D eigenvalue weighted by atomic mass is 19.1. The Morgan fingerprint density at radius 1 is 0.944 bits per heavy atom. The zero-order valence-electron chi connectivity index (χ0n) is 19.6. The highest BCUT2D eigenvalue weighted by Gasteiger charge is 2.54. The minimum absolute atomic E-state index is 0.0275. The molecule has 1 N–H and O–H groups in total. The Morgan fingerprint density at radius 3 is 2.33 bits per heavy atom. The first-order valence-electron chi connectivity index (χ1n) is 11.8. The molecule has 2 saturated heterocycles. The van der Waals surface area contributed by atoms with Gasteiger partial charge in [-0.3, -0.25) is 19.3 Å². The summed E-state index contributed by atoms with van der Waals surface area (Å²) in [7, 11) is 0. The number of likely N-dealkylation sites (tertiary alicyclic amines) is 1. The lowest BCUT2D eigenvalue weighted by molar-refractivity contribution is -0.128. The van der Waals surface area contributed by atoms with Crippen molar-refractivity contribution in [2.24, 2.45) is 0 Å². The maximum absolute atomic E-state index is 13.7. The molecule has 2 aliphatic heterocycles. The Bertz CT molecular complexity index is 1220. The number of nitrogens with one attached hydrogen (secondary N) is 1. The van der Waals surface area contributed by atoms with Gasteiger partial charge in [-0.05, 0) is 42.0 Å². The minimum atomic E-state index is -1.06. The number of hydrogen-bond donors (Lipinski definition) is 1. The van der Waals surface area contributed by atoms with E-state index in [2.05, 4.69) is 5.32 Å². The largest absolute Gasteiger partial charge is 0.459 e. The fourth-order valence-corrected chi connectivity index (χ4v) is 4.82. The number of nitrogens with zero attached hydrogens (tertiary/aromatic N) is 2. The highest BCUT2D eigenvalue weighted by molar-refractivity contribution is 5.98. The van der Waals surface area contributed by atoms with E-state index in [0.29, 0.717) is 32.5 Å². The molecule has 1 spiro atoms. The summed E-state index contributed by atoms with van der Waals surface area (Å²) in [6, 6.07) is 17.1. The molecule has 8 nitrogen and oxygen atoms in total. The van der Waals surface area contributed by atoms with Gasteiger partial charge in [0.05, 0.1) is 12.9 Å². The van der Waals surface area contributed by atoms with E-state index >= 15 is 0 Å². The summed E-state index contributed by atoms with van der Waals surface area (Å²) >= 11 is 0. The first-order valence-corrected chi connectivity index (χ1v) is 11.8. The first kappa shape index (κ1) is 23.7. The lowest BCUT2D eigenvalue weighted by atomic mass is 9.96. The van der Waals surface area contributed by atoms with Crippen molar-refractivity contribution in [1.29, 1.82) is 0 Å². The monoisotopic (exact) mass is 491 g/mol. The Labute approximate surface area is 207 Å². The van der Waals surface area contributed by atoms with E-state index in [-0.39, 0.29) is 29.7 Å². The molecule has 1 aromatic heterocycles. The van der Waals surface area contributed by atoms with Crippen LogP contribution < -0.4 is 5.32 Å². The van der Waals surface area contributed by atoms with Crippen molar-refractivity contribution < 1.29 is 27.9 Å². The van der Waals surface area contributed by atoms with Gasteiger partial charge >= 0.3 is 0 Å². The van der Waals surface area contributed by atoms with E-state index in [4.69, 9.17) is 9.15 Å². The van der Waals surface area contributed by atoms with E-state index in [1.54, 1.807) is 17.0 Å². The number of rotatable bonds is 5. The second-order valence-corrected chi connectivity index (χ2v) is 8.93. The zero-order valence-corrected chi connectivity index (χ0v) is 19.6. The molecule has 0 unspecified atom stereocenters. The van der Waals surface area contributed by atoms with Gasteiger partial charge < -0.3 is 19.4 Å². The molecule has 3 heterocycles. The molecule has 0 radical (unpaired) electrons. The number of furan rings is 1. The summed E-state index contributed by atoms with van der Waals surface area (Å²) in [5.41, 5.74) is 0.136. The van der Waals surface area contributed by atoms with Gasteiger partial charge in [-0.15, -0.1) is 0 Å². The van der Waals surface area contributed by atoms with Crippen molar-refractivity contribution in [3.05, 3.63) is 95.7 Å². The average Bonchev–Trinajstić information content (AvgIpc) is 3.57. The fourth-order valence-electron chi connectivity index (χ4n) is 4.82.